The Labute approximate surface area is 92.5 Å². The molecule has 0 heterocycles. The van der Waals surface area contributed by atoms with Crippen LogP contribution in [0.3, 0.4) is 0 Å². The summed E-state index contributed by atoms with van der Waals surface area (Å²) in [6.45, 7) is 3.05. The van der Waals surface area contributed by atoms with Gasteiger partial charge in [0.1, 0.15) is 0 Å². The molecule has 1 aliphatic rings. The molecule has 0 saturated heterocycles. The van der Waals surface area contributed by atoms with Gasteiger partial charge in [0.2, 0.25) is 0 Å². The van der Waals surface area contributed by atoms with Crippen molar-refractivity contribution in [3.05, 3.63) is 35.9 Å². The highest BCUT2D eigenvalue weighted by Crippen LogP contribution is 2.31. The molecule has 1 aromatic carbocycles. The second-order valence-electron chi connectivity index (χ2n) is 4.43. The summed E-state index contributed by atoms with van der Waals surface area (Å²) in [4.78, 5) is 0. The van der Waals surface area contributed by atoms with E-state index in [1.54, 1.807) is 0 Å². The fourth-order valence-electron chi connectivity index (χ4n) is 2.47. The molecule has 82 valence electrons. The van der Waals surface area contributed by atoms with E-state index in [-0.39, 0.29) is 0 Å². The molecular formula is C14H20O. The van der Waals surface area contributed by atoms with Gasteiger partial charge < -0.3 is 4.74 Å². The zero-order valence-corrected chi connectivity index (χ0v) is 9.49. The highest BCUT2D eigenvalue weighted by molar-refractivity contribution is 5.13. The minimum atomic E-state index is 0.509. The van der Waals surface area contributed by atoms with Crippen LogP contribution in [0.15, 0.2) is 30.3 Å². The van der Waals surface area contributed by atoms with E-state index >= 15 is 0 Å². The van der Waals surface area contributed by atoms with E-state index < -0.39 is 0 Å². The molecule has 15 heavy (non-hydrogen) atoms. The van der Waals surface area contributed by atoms with Crippen LogP contribution >= 0.6 is 0 Å². The topological polar surface area (TPSA) is 9.23 Å². The smallest absolute Gasteiger partial charge is 0.0720 e. The fraction of sp³-hybridized carbons (Fsp3) is 0.571. The zero-order chi connectivity index (χ0) is 10.5. The number of benzene rings is 1. The Bertz CT molecular complexity index is 281. The molecule has 1 saturated carbocycles. The van der Waals surface area contributed by atoms with Gasteiger partial charge in [-0.3, -0.25) is 0 Å². The summed E-state index contributed by atoms with van der Waals surface area (Å²) in [5.74, 6) is 0.800. The first kappa shape index (κ1) is 10.7. The van der Waals surface area contributed by atoms with Crippen molar-refractivity contribution in [2.24, 2.45) is 5.92 Å². The average molecular weight is 204 g/mol. The van der Waals surface area contributed by atoms with Crippen LogP contribution in [0.2, 0.25) is 0 Å². The molecule has 0 N–H and O–H groups in total. The van der Waals surface area contributed by atoms with Gasteiger partial charge in [0.05, 0.1) is 12.7 Å². The molecular weight excluding hydrogens is 184 g/mol. The second-order valence-corrected chi connectivity index (χ2v) is 4.43. The zero-order valence-electron chi connectivity index (χ0n) is 9.49. The number of hydrogen-bond acceptors (Lipinski definition) is 1. The lowest BCUT2D eigenvalue weighted by atomic mass is 10.0. The Morgan fingerprint density at radius 2 is 2.00 bits per heavy atom. The quantitative estimate of drug-likeness (QED) is 0.725. The van der Waals surface area contributed by atoms with Gasteiger partial charge in [-0.15, -0.1) is 0 Å². The third-order valence-electron chi connectivity index (χ3n) is 3.42. The Morgan fingerprint density at radius 3 is 2.73 bits per heavy atom. The summed E-state index contributed by atoms with van der Waals surface area (Å²) >= 11 is 0. The van der Waals surface area contributed by atoms with E-state index in [0.29, 0.717) is 6.10 Å². The summed E-state index contributed by atoms with van der Waals surface area (Å²) in [7, 11) is 0. The molecule has 1 unspecified atom stereocenters. The van der Waals surface area contributed by atoms with Crippen LogP contribution < -0.4 is 0 Å². The lowest BCUT2D eigenvalue weighted by Gasteiger charge is -2.18. The Kier molecular flexibility index (Phi) is 3.79. The molecule has 0 aliphatic heterocycles. The minimum absolute atomic E-state index is 0.509. The molecule has 0 bridgehead atoms. The molecule has 0 spiro atoms. The maximum Gasteiger partial charge on any atom is 0.0720 e. The Hall–Kier alpha value is -0.820. The Balaban J connectivity index is 1.83. The predicted octanol–water partition coefficient (Wildman–Crippen LogP) is 3.78. The monoisotopic (exact) mass is 204 g/mol. The normalized spacial score (nSPS) is 25.7. The van der Waals surface area contributed by atoms with E-state index in [9.17, 15) is 0 Å². The van der Waals surface area contributed by atoms with Crippen LogP contribution in [0.1, 0.15) is 38.2 Å². The number of hydrogen-bond donors (Lipinski definition) is 0. The summed E-state index contributed by atoms with van der Waals surface area (Å²) < 4.78 is 5.99. The standard InChI is InChI=1S/C14H20O/c1-2-13-9-6-10-14(13)15-11-12-7-4-3-5-8-12/h3-5,7-8,13-14H,2,6,9-11H2,1H3/t13-,14?/m0/s1. The van der Waals surface area contributed by atoms with E-state index in [4.69, 9.17) is 4.74 Å². The summed E-state index contributed by atoms with van der Waals surface area (Å²) in [6.07, 6.45) is 5.73. The van der Waals surface area contributed by atoms with Crippen molar-refractivity contribution in [2.75, 3.05) is 0 Å². The van der Waals surface area contributed by atoms with E-state index in [1.807, 2.05) is 6.07 Å². The van der Waals surface area contributed by atoms with Crippen LogP contribution in [0.5, 0.6) is 0 Å². The number of ether oxygens (including phenoxy) is 1. The largest absolute Gasteiger partial charge is 0.373 e. The van der Waals surface area contributed by atoms with Gasteiger partial charge in [0, 0.05) is 0 Å². The summed E-state index contributed by atoms with van der Waals surface area (Å²) in [5, 5.41) is 0. The SMILES string of the molecule is CC[C@H]1CCCC1OCc1ccccc1. The van der Waals surface area contributed by atoms with Crippen LogP contribution in [0.25, 0.3) is 0 Å². The first-order chi connectivity index (χ1) is 7.40. The molecule has 0 amide bonds. The van der Waals surface area contributed by atoms with Crippen molar-refractivity contribution in [2.45, 2.75) is 45.3 Å². The van der Waals surface area contributed by atoms with Gasteiger partial charge in [-0.2, -0.15) is 0 Å². The van der Waals surface area contributed by atoms with Gasteiger partial charge >= 0.3 is 0 Å². The lowest BCUT2D eigenvalue weighted by molar-refractivity contribution is 0.0150. The second kappa shape index (κ2) is 5.32. The van der Waals surface area contributed by atoms with Crippen LogP contribution in [-0.4, -0.2) is 6.10 Å². The van der Waals surface area contributed by atoms with Crippen molar-refractivity contribution >= 4 is 0 Å². The van der Waals surface area contributed by atoms with Gasteiger partial charge in [0.25, 0.3) is 0 Å². The molecule has 1 fully saturated rings. The fourth-order valence-corrected chi connectivity index (χ4v) is 2.47. The third-order valence-corrected chi connectivity index (χ3v) is 3.42. The van der Waals surface area contributed by atoms with Crippen molar-refractivity contribution < 1.29 is 4.74 Å². The highest BCUT2D eigenvalue weighted by Gasteiger charge is 2.26. The van der Waals surface area contributed by atoms with Crippen LogP contribution in [0.4, 0.5) is 0 Å². The van der Waals surface area contributed by atoms with Gasteiger partial charge in [-0.1, -0.05) is 50.1 Å². The van der Waals surface area contributed by atoms with Crippen LogP contribution in [0, 0.1) is 5.92 Å². The van der Waals surface area contributed by atoms with Crippen molar-refractivity contribution in [1.82, 2.24) is 0 Å². The summed E-state index contributed by atoms with van der Waals surface area (Å²) in [5.41, 5.74) is 1.29. The van der Waals surface area contributed by atoms with E-state index in [1.165, 1.54) is 31.2 Å². The van der Waals surface area contributed by atoms with Gasteiger partial charge in [-0.05, 0) is 24.3 Å². The van der Waals surface area contributed by atoms with Crippen molar-refractivity contribution in [3.8, 4) is 0 Å². The summed E-state index contributed by atoms with van der Waals surface area (Å²) in [6, 6.07) is 10.5. The maximum atomic E-state index is 5.99. The highest BCUT2D eigenvalue weighted by atomic mass is 16.5. The first-order valence-corrected chi connectivity index (χ1v) is 6.05. The molecule has 1 aliphatic carbocycles. The first-order valence-electron chi connectivity index (χ1n) is 6.05. The van der Waals surface area contributed by atoms with Crippen molar-refractivity contribution in [3.63, 3.8) is 0 Å². The molecule has 1 nitrogen and oxygen atoms in total. The molecule has 0 radical (unpaired) electrons. The van der Waals surface area contributed by atoms with Crippen LogP contribution in [-0.2, 0) is 11.3 Å². The third kappa shape index (κ3) is 2.82. The molecule has 0 aromatic heterocycles. The minimum Gasteiger partial charge on any atom is -0.373 e. The number of rotatable bonds is 4. The molecule has 2 atom stereocenters. The van der Waals surface area contributed by atoms with E-state index in [2.05, 4.69) is 31.2 Å². The molecule has 1 aromatic rings. The van der Waals surface area contributed by atoms with E-state index in [0.717, 1.165) is 12.5 Å². The lowest BCUT2D eigenvalue weighted by Crippen LogP contribution is -2.17. The van der Waals surface area contributed by atoms with Gasteiger partial charge in [-0.25, -0.2) is 0 Å². The molecule has 2 rings (SSSR count). The Morgan fingerprint density at radius 1 is 1.20 bits per heavy atom. The maximum absolute atomic E-state index is 5.99. The van der Waals surface area contributed by atoms with Crippen molar-refractivity contribution in [1.29, 1.82) is 0 Å². The predicted molar refractivity (Wildman–Crippen MR) is 62.7 cm³/mol. The van der Waals surface area contributed by atoms with Gasteiger partial charge in [0.15, 0.2) is 0 Å². The molecule has 1 heteroatoms. The average Bonchev–Trinajstić information content (AvgIpc) is 2.75.